The summed E-state index contributed by atoms with van der Waals surface area (Å²) in [5.74, 6) is -0.0425. The molecular formula is C82H159NO5. The topological polar surface area (TPSA) is 95.9 Å². The molecule has 0 aromatic rings. The minimum Gasteiger partial charge on any atom is -0.466 e. The smallest absolute Gasteiger partial charge is 0.305 e. The fourth-order valence-corrected chi connectivity index (χ4v) is 13.0. The molecule has 0 aliphatic heterocycles. The molecule has 0 rings (SSSR count). The second kappa shape index (κ2) is 77.8. The summed E-state index contributed by atoms with van der Waals surface area (Å²) in [6, 6.07) is -0.630. The Bertz CT molecular complexity index is 1380. The largest absolute Gasteiger partial charge is 0.466 e. The molecule has 0 saturated carbocycles. The molecule has 0 aliphatic rings. The standard InChI is InChI=1S/C82H159NO5/c1-3-5-7-9-11-13-15-17-19-21-23-24-25-29-32-35-39-42-46-50-54-58-62-66-70-74-80(85)79(78-84)83-81(86)75-71-67-63-59-55-51-47-43-40-36-33-30-27-26-28-31-34-37-41-45-49-53-57-61-65-69-73-77-88-82(87)76-72-68-64-60-56-52-48-44-38-22-20-18-16-14-12-10-8-6-4-2/h26-27,70,74,79-80,84-85H,3-25,28-69,71-73,75-78H2,1-2H3,(H,83,86)/b27-26-,74-70+. The van der Waals surface area contributed by atoms with Crippen molar-refractivity contribution < 1.29 is 24.5 Å². The molecular weight excluding hydrogens is 1080 g/mol. The van der Waals surface area contributed by atoms with E-state index in [0.29, 0.717) is 19.4 Å². The van der Waals surface area contributed by atoms with Gasteiger partial charge in [0.15, 0.2) is 0 Å². The SMILES string of the molecule is CCCCCCCCCCCCCCCCCCCCCCCCC/C=C/C(O)C(CO)NC(=O)CCCCCCCCCCCCC/C=C\CCCCCCCCCCCCCCOC(=O)CCCCCCCCCCCCCCCCCCCCC. The van der Waals surface area contributed by atoms with Gasteiger partial charge < -0.3 is 20.3 Å². The van der Waals surface area contributed by atoms with Gasteiger partial charge in [0, 0.05) is 12.8 Å². The minimum atomic E-state index is -0.847. The lowest BCUT2D eigenvalue weighted by molar-refractivity contribution is -0.143. The summed E-state index contributed by atoms with van der Waals surface area (Å²) >= 11 is 0. The van der Waals surface area contributed by atoms with E-state index >= 15 is 0 Å². The fourth-order valence-electron chi connectivity index (χ4n) is 13.0. The number of ether oxygens (including phenoxy) is 1. The number of esters is 1. The van der Waals surface area contributed by atoms with Gasteiger partial charge in [-0.3, -0.25) is 9.59 Å². The van der Waals surface area contributed by atoms with Gasteiger partial charge in [0.05, 0.1) is 25.4 Å². The van der Waals surface area contributed by atoms with Gasteiger partial charge in [-0.1, -0.05) is 417 Å². The monoisotopic (exact) mass is 1240 g/mol. The fraction of sp³-hybridized carbons (Fsp3) is 0.927. The molecule has 522 valence electrons. The van der Waals surface area contributed by atoms with Gasteiger partial charge in [0.1, 0.15) is 0 Å². The van der Waals surface area contributed by atoms with Crippen LogP contribution in [0.15, 0.2) is 24.3 Å². The lowest BCUT2D eigenvalue weighted by atomic mass is 10.0. The summed E-state index contributed by atoms with van der Waals surface area (Å²) < 4.78 is 5.52. The first kappa shape index (κ1) is 86.3. The van der Waals surface area contributed by atoms with Gasteiger partial charge in [0.25, 0.3) is 0 Å². The van der Waals surface area contributed by atoms with Crippen LogP contribution in [0.5, 0.6) is 0 Å². The molecule has 6 nitrogen and oxygen atoms in total. The molecule has 0 spiro atoms. The maximum absolute atomic E-state index is 12.6. The lowest BCUT2D eigenvalue weighted by Crippen LogP contribution is -2.45. The van der Waals surface area contributed by atoms with Crippen molar-refractivity contribution in [3.63, 3.8) is 0 Å². The van der Waals surface area contributed by atoms with Crippen molar-refractivity contribution in [2.75, 3.05) is 13.2 Å². The number of rotatable bonds is 77. The molecule has 0 aromatic carbocycles. The number of amides is 1. The molecule has 2 unspecified atom stereocenters. The van der Waals surface area contributed by atoms with Crippen LogP contribution in [0.3, 0.4) is 0 Å². The van der Waals surface area contributed by atoms with Crippen molar-refractivity contribution in [1.82, 2.24) is 5.32 Å². The molecule has 0 bridgehead atoms. The van der Waals surface area contributed by atoms with Crippen molar-refractivity contribution in [1.29, 1.82) is 0 Å². The number of aliphatic hydroxyl groups is 2. The van der Waals surface area contributed by atoms with Crippen LogP contribution in [-0.4, -0.2) is 47.4 Å². The maximum Gasteiger partial charge on any atom is 0.305 e. The van der Waals surface area contributed by atoms with Crippen LogP contribution in [0.2, 0.25) is 0 Å². The van der Waals surface area contributed by atoms with Gasteiger partial charge in [-0.05, 0) is 57.8 Å². The number of aliphatic hydroxyl groups excluding tert-OH is 2. The summed E-state index contributed by atoms with van der Waals surface area (Å²) in [6.45, 7) is 4.96. The normalized spacial score (nSPS) is 12.5. The van der Waals surface area contributed by atoms with E-state index in [9.17, 15) is 19.8 Å². The van der Waals surface area contributed by atoms with E-state index in [0.717, 1.165) is 38.5 Å². The molecule has 2 atom stereocenters. The molecule has 0 radical (unpaired) electrons. The zero-order valence-electron chi connectivity index (χ0n) is 60.0. The molecule has 0 saturated heterocycles. The average molecular weight is 1240 g/mol. The highest BCUT2D eigenvalue weighted by Gasteiger charge is 2.18. The van der Waals surface area contributed by atoms with E-state index in [1.54, 1.807) is 6.08 Å². The highest BCUT2D eigenvalue weighted by Crippen LogP contribution is 2.20. The van der Waals surface area contributed by atoms with Crippen molar-refractivity contribution in [2.45, 2.75) is 475 Å². The molecule has 0 aliphatic carbocycles. The number of hydrogen-bond donors (Lipinski definition) is 3. The Morgan fingerprint density at radius 2 is 0.534 bits per heavy atom. The first-order chi connectivity index (χ1) is 43.5. The molecule has 6 heteroatoms. The van der Waals surface area contributed by atoms with Crippen LogP contribution in [0.25, 0.3) is 0 Å². The van der Waals surface area contributed by atoms with E-state index in [-0.39, 0.29) is 18.5 Å². The van der Waals surface area contributed by atoms with Gasteiger partial charge >= 0.3 is 5.97 Å². The zero-order valence-corrected chi connectivity index (χ0v) is 60.0. The Hall–Kier alpha value is -1.66. The van der Waals surface area contributed by atoms with Crippen LogP contribution >= 0.6 is 0 Å². The third-order valence-electron chi connectivity index (χ3n) is 19.2. The molecule has 0 aromatic heterocycles. The average Bonchev–Trinajstić information content (AvgIpc) is 3.58. The second-order valence-electron chi connectivity index (χ2n) is 28.1. The van der Waals surface area contributed by atoms with Crippen LogP contribution in [-0.2, 0) is 14.3 Å². The highest BCUT2D eigenvalue weighted by atomic mass is 16.5. The van der Waals surface area contributed by atoms with E-state index in [1.807, 2.05) is 6.08 Å². The van der Waals surface area contributed by atoms with Crippen molar-refractivity contribution in [3.8, 4) is 0 Å². The first-order valence-corrected chi connectivity index (χ1v) is 40.6. The molecule has 88 heavy (non-hydrogen) atoms. The molecule has 3 N–H and O–H groups in total. The van der Waals surface area contributed by atoms with Gasteiger partial charge in [-0.25, -0.2) is 0 Å². The number of carbonyl (C=O) groups is 2. The zero-order chi connectivity index (χ0) is 63.5. The maximum atomic E-state index is 12.6. The highest BCUT2D eigenvalue weighted by molar-refractivity contribution is 5.76. The molecule has 1 amide bonds. The number of unbranched alkanes of at least 4 members (excludes halogenated alkanes) is 64. The Morgan fingerprint density at radius 3 is 0.807 bits per heavy atom. The molecule has 0 fully saturated rings. The Balaban J connectivity index is 3.39. The van der Waals surface area contributed by atoms with E-state index in [1.165, 1.54) is 398 Å². The van der Waals surface area contributed by atoms with Crippen molar-refractivity contribution in [2.24, 2.45) is 0 Å². The Labute approximate surface area is 551 Å². The van der Waals surface area contributed by atoms with Gasteiger partial charge in [-0.2, -0.15) is 0 Å². The summed E-state index contributed by atoms with van der Waals surface area (Å²) in [5.41, 5.74) is 0. The summed E-state index contributed by atoms with van der Waals surface area (Å²) in [6.07, 6.45) is 100. The second-order valence-corrected chi connectivity index (χ2v) is 28.1. The predicted octanol–water partition coefficient (Wildman–Crippen LogP) is 26.8. The third-order valence-corrected chi connectivity index (χ3v) is 19.2. The van der Waals surface area contributed by atoms with Crippen molar-refractivity contribution >= 4 is 11.9 Å². The summed E-state index contributed by atoms with van der Waals surface area (Å²) in [5, 5.41) is 23.3. The van der Waals surface area contributed by atoms with Crippen LogP contribution in [0, 0.1) is 0 Å². The van der Waals surface area contributed by atoms with Crippen LogP contribution in [0.4, 0.5) is 0 Å². The van der Waals surface area contributed by atoms with Crippen LogP contribution in [0.1, 0.15) is 463 Å². The number of hydrogen-bond acceptors (Lipinski definition) is 5. The first-order valence-electron chi connectivity index (χ1n) is 40.6. The van der Waals surface area contributed by atoms with E-state index in [4.69, 9.17) is 4.74 Å². The van der Waals surface area contributed by atoms with Gasteiger partial charge in [0.2, 0.25) is 5.91 Å². The summed E-state index contributed by atoms with van der Waals surface area (Å²) in [4.78, 5) is 24.7. The molecule has 0 heterocycles. The lowest BCUT2D eigenvalue weighted by Gasteiger charge is -2.20. The van der Waals surface area contributed by atoms with Gasteiger partial charge in [-0.15, -0.1) is 0 Å². The number of nitrogens with one attached hydrogen (secondary N) is 1. The third kappa shape index (κ3) is 73.4. The summed E-state index contributed by atoms with van der Waals surface area (Å²) in [7, 11) is 0. The minimum absolute atomic E-state index is 0.0208. The number of carbonyl (C=O) groups excluding carboxylic acids is 2. The van der Waals surface area contributed by atoms with E-state index < -0.39 is 12.1 Å². The quantitative estimate of drug-likeness (QED) is 0.0320. The van der Waals surface area contributed by atoms with E-state index in [2.05, 4.69) is 31.3 Å². The predicted molar refractivity (Wildman–Crippen MR) is 389 cm³/mol. The number of allylic oxidation sites excluding steroid dienone is 3. The Morgan fingerprint density at radius 1 is 0.307 bits per heavy atom. The van der Waals surface area contributed by atoms with Crippen LogP contribution < -0.4 is 5.32 Å². The van der Waals surface area contributed by atoms with Crippen molar-refractivity contribution in [3.05, 3.63) is 24.3 Å². The Kier molecular flexibility index (Phi) is 76.3.